The highest BCUT2D eigenvalue weighted by atomic mass is 19.1. The molecule has 0 bridgehead atoms. The van der Waals surface area contributed by atoms with E-state index in [4.69, 9.17) is 5.73 Å². The summed E-state index contributed by atoms with van der Waals surface area (Å²) in [6.45, 7) is 3.18. The zero-order valence-electron chi connectivity index (χ0n) is 11.5. The zero-order valence-corrected chi connectivity index (χ0v) is 11.5. The highest BCUT2D eigenvalue weighted by Crippen LogP contribution is 2.20. The van der Waals surface area contributed by atoms with Crippen LogP contribution in [0.15, 0.2) is 12.1 Å². The lowest BCUT2D eigenvalue weighted by molar-refractivity contribution is -0.119. The summed E-state index contributed by atoms with van der Waals surface area (Å²) >= 11 is 0. The Morgan fingerprint density at radius 2 is 1.75 bits per heavy atom. The minimum atomic E-state index is -0.905. The van der Waals surface area contributed by atoms with E-state index in [1.165, 1.54) is 7.05 Å². The maximum atomic E-state index is 13.6. The van der Waals surface area contributed by atoms with Crippen LogP contribution in [-0.4, -0.2) is 24.4 Å². The average molecular weight is 285 g/mol. The largest absolute Gasteiger partial charge is 0.383 e. The lowest BCUT2D eigenvalue weighted by Crippen LogP contribution is -2.46. The first-order valence-electron chi connectivity index (χ1n) is 5.94. The molecule has 0 atom stereocenters. The van der Waals surface area contributed by atoms with E-state index in [0.29, 0.717) is 0 Å². The fourth-order valence-corrected chi connectivity index (χ4v) is 1.80. The van der Waals surface area contributed by atoms with E-state index in [9.17, 15) is 18.4 Å². The van der Waals surface area contributed by atoms with Crippen LogP contribution in [0, 0.1) is 11.6 Å². The van der Waals surface area contributed by atoms with Crippen LogP contribution in [0.3, 0.4) is 0 Å². The predicted molar refractivity (Wildman–Crippen MR) is 71.3 cm³/mol. The van der Waals surface area contributed by atoms with E-state index in [1.54, 1.807) is 13.8 Å². The standard InChI is InChI=1S/C13H17F2N3O2/c1-13(2,6-10(16)19)18-12(20)7-4-8(14)11(17-3)9(15)5-7/h4-5,17H,6H2,1-3H3,(H2,16,19)(H,18,20). The number of nitrogens with one attached hydrogen (secondary N) is 2. The van der Waals surface area contributed by atoms with Gasteiger partial charge in [0.2, 0.25) is 5.91 Å². The lowest BCUT2D eigenvalue weighted by atomic mass is 9.99. The first-order chi connectivity index (χ1) is 9.16. The van der Waals surface area contributed by atoms with Crippen LogP contribution >= 0.6 is 0 Å². The van der Waals surface area contributed by atoms with Gasteiger partial charge in [0, 0.05) is 24.6 Å². The second-order valence-electron chi connectivity index (χ2n) is 5.05. The van der Waals surface area contributed by atoms with Gasteiger partial charge in [-0.05, 0) is 26.0 Å². The first kappa shape index (κ1) is 15.9. The van der Waals surface area contributed by atoms with E-state index in [-0.39, 0.29) is 17.7 Å². The quantitative estimate of drug-likeness (QED) is 0.764. The van der Waals surface area contributed by atoms with Crippen molar-refractivity contribution in [3.63, 3.8) is 0 Å². The maximum Gasteiger partial charge on any atom is 0.251 e. The normalized spacial score (nSPS) is 11.1. The monoisotopic (exact) mass is 285 g/mol. The molecular weight excluding hydrogens is 268 g/mol. The third-order valence-corrected chi connectivity index (χ3v) is 2.62. The summed E-state index contributed by atoms with van der Waals surface area (Å²) < 4.78 is 27.1. The molecule has 1 aromatic rings. The molecular formula is C13H17F2N3O2. The van der Waals surface area contributed by atoms with Gasteiger partial charge in [-0.1, -0.05) is 0 Å². The minimum Gasteiger partial charge on any atom is -0.383 e. The summed E-state index contributed by atoms with van der Waals surface area (Å²) in [4.78, 5) is 22.8. The number of carbonyl (C=O) groups is 2. The number of amides is 2. The molecule has 7 heteroatoms. The van der Waals surface area contributed by atoms with Gasteiger partial charge in [-0.15, -0.1) is 0 Å². The number of benzene rings is 1. The molecule has 0 aliphatic carbocycles. The number of carbonyl (C=O) groups excluding carboxylic acids is 2. The van der Waals surface area contributed by atoms with Gasteiger partial charge in [-0.3, -0.25) is 9.59 Å². The van der Waals surface area contributed by atoms with Crippen LogP contribution in [0.2, 0.25) is 0 Å². The van der Waals surface area contributed by atoms with Crippen LogP contribution in [0.1, 0.15) is 30.6 Å². The number of primary amides is 1. The summed E-state index contributed by atoms with van der Waals surface area (Å²) in [6.07, 6.45) is -0.0850. The fourth-order valence-electron chi connectivity index (χ4n) is 1.80. The SMILES string of the molecule is CNc1c(F)cc(C(=O)NC(C)(C)CC(N)=O)cc1F. The Hall–Kier alpha value is -2.18. The third-order valence-electron chi connectivity index (χ3n) is 2.62. The topological polar surface area (TPSA) is 84.2 Å². The smallest absolute Gasteiger partial charge is 0.251 e. The van der Waals surface area contributed by atoms with Crippen LogP contribution in [0.25, 0.3) is 0 Å². The highest BCUT2D eigenvalue weighted by Gasteiger charge is 2.24. The molecule has 110 valence electrons. The van der Waals surface area contributed by atoms with Crippen molar-refractivity contribution < 1.29 is 18.4 Å². The van der Waals surface area contributed by atoms with Gasteiger partial charge in [0.05, 0.1) is 0 Å². The Morgan fingerprint density at radius 1 is 1.25 bits per heavy atom. The maximum absolute atomic E-state index is 13.6. The number of hydrogen-bond donors (Lipinski definition) is 3. The van der Waals surface area contributed by atoms with Crippen molar-refractivity contribution in [2.24, 2.45) is 5.73 Å². The molecule has 0 saturated carbocycles. The molecule has 5 nitrogen and oxygen atoms in total. The zero-order chi connectivity index (χ0) is 15.5. The molecule has 0 unspecified atom stereocenters. The first-order valence-corrected chi connectivity index (χ1v) is 5.94. The molecule has 4 N–H and O–H groups in total. The Labute approximate surface area is 115 Å². The van der Waals surface area contributed by atoms with Gasteiger partial charge in [0.1, 0.15) is 17.3 Å². The van der Waals surface area contributed by atoms with Crippen molar-refractivity contribution in [1.29, 1.82) is 0 Å². The molecule has 0 heterocycles. The lowest BCUT2D eigenvalue weighted by Gasteiger charge is -2.24. The van der Waals surface area contributed by atoms with Crippen LogP contribution in [0.5, 0.6) is 0 Å². The summed E-state index contributed by atoms with van der Waals surface area (Å²) in [6, 6.07) is 1.84. The van der Waals surface area contributed by atoms with Crippen LogP contribution in [0.4, 0.5) is 14.5 Å². The van der Waals surface area contributed by atoms with Crippen molar-refractivity contribution in [3.05, 3.63) is 29.3 Å². The Morgan fingerprint density at radius 3 is 2.15 bits per heavy atom. The highest BCUT2D eigenvalue weighted by molar-refractivity contribution is 5.95. The molecule has 0 aliphatic rings. The van der Waals surface area contributed by atoms with Crippen LogP contribution in [-0.2, 0) is 4.79 Å². The van der Waals surface area contributed by atoms with Crippen molar-refractivity contribution in [1.82, 2.24) is 5.32 Å². The number of halogens is 2. The van der Waals surface area contributed by atoms with Crippen molar-refractivity contribution in [2.75, 3.05) is 12.4 Å². The summed E-state index contributed by atoms with van der Waals surface area (Å²) in [5.41, 5.74) is 3.68. The molecule has 0 aliphatic heterocycles. The molecule has 1 aromatic carbocycles. The third kappa shape index (κ3) is 3.91. The molecule has 0 aromatic heterocycles. The molecule has 20 heavy (non-hydrogen) atoms. The van der Waals surface area contributed by atoms with Gasteiger partial charge in [-0.25, -0.2) is 8.78 Å². The molecule has 0 radical (unpaired) electrons. The molecule has 0 fully saturated rings. The van der Waals surface area contributed by atoms with Crippen LogP contribution < -0.4 is 16.4 Å². The molecule has 1 rings (SSSR count). The number of anilines is 1. The van der Waals surface area contributed by atoms with Gasteiger partial charge in [0.15, 0.2) is 0 Å². The average Bonchev–Trinajstić information content (AvgIpc) is 2.25. The van der Waals surface area contributed by atoms with E-state index in [2.05, 4.69) is 10.6 Å². The summed E-state index contributed by atoms with van der Waals surface area (Å²) in [5.74, 6) is -3.01. The second-order valence-corrected chi connectivity index (χ2v) is 5.05. The summed E-state index contributed by atoms with van der Waals surface area (Å²) in [7, 11) is 1.37. The number of rotatable bonds is 5. The molecule has 0 saturated heterocycles. The van der Waals surface area contributed by atoms with Gasteiger partial charge >= 0.3 is 0 Å². The Balaban J connectivity index is 2.96. The Bertz CT molecular complexity index is 521. The molecule has 2 amide bonds. The van der Waals surface area contributed by atoms with Gasteiger partial charge in [0.25, 0.3) is 5.91 Å². The van der Waals surface area contributed by atoms with E-state index < -0.39 is 29.0 Å². The predicted octanol–water partition coefficient (Wildman–Crippen LogP) is 1.39. The van der Waals surface area contributed by atoms with E-state index >= 15 is 0 Å². The van der Waals surface area contributed by atoms with E-state index in [1.807, 2.05) is 0 Å². The summed E-state index contributed by atoms with van der Waals surface area (Å²) in [5, 5.41) is 4.86. The minimum absolute atomic E-state index is 0.0850. The molecule has 0 spiro atoms. The number of hydrogen-bond acceptors (Lipinski definition) is 3. The van der Waals surface area contributed by atoms with Gasteiger partial charge in [-0.2, -0.15) is 0 Å². The Kier molecular flexibility index (Phi) is 4.65. The van der Waals surface area contributed by atoms with E-state index in [0.717, 1.165) is 12.1 Å². The van der Waals surface area contributed by atoms with Crippen molar-refractivity contribution in [2.45, 2.75) is 25.8 Å². The van der Waals surface area contributed by atoms with Gasteiger partial charge < -0.3 is 16.4 Å². The van der Waals surface area contributed by atoms with Crippen molar-refractivity contribution in [3.8, 4) is 0 Å². The number of nitrogens with two attached hydrogens (primary N) is 1. The second kappa shape index (κ2) is 5.85. The van der Waals surface area contributed by atoms with Crippen molar-refractivity contribution >= 4 is 17.5 Å². The fraction of sp³-hybridized carbons (Fsp3) is 0.385.